The summed E-state index contributed by atoms with van der Waals surface area (Å²) < 4.78 is 66.7. The number of benzene rings is 1. The number of rotatable bonds is 8. The largest absolute Gasteiger partial charge is 0.484 e. The molecule has 152 valence electrons. The van der Waals surface area contributed by atoms with E-state index in [1.54, 1.807) is 19.1 Å². The summed E-state index contributed by atoms with van der Waals surface area (Å²) in [6, 6.07) is 5.16. The zero-order valence-corrected chi connectivity index (χ0v) is 15.8. The first-order valence-electron chi connectivity index (χ1n) is 8.68. The van der Waals surface area contributed by atoms with Crippen LogP contribution in [0.1, 0.15) is 31.7 Å². The molecular weight excluding hydrogens is 385 g/mol. The van der Waals surface area contributed by atoms with Crippen molar-refractivity contribution in [2.45, 2.75) is 44.9 Å². The number of hydrogen-bond donors (Lipinski definition) is 1. The third kappa shape index (κ3) is 6.39. The molecule has 0 aromatic heterocycles. The van der Waals surface area contributed by atoms with Crippen molar-refractivity contribution >= 4 is 15.9 Å². The monoisotopic (exact) mass is 408 g/mol. The van der Waals surface area contributed by atoms with Crippen molar-refractivity contribution in [2.24, 2.45) is 0 Å². The van der Waals surface area contributed by atoms with E-state index in [2.05, 4.69) is 10.1 Å². The Morgan fingerprint density at radius 3 is 2.56 bits per heavy atom. The molecule has 0 saturated carbocycles. The average Bonchev–Trinajstić information content (AvgIpc) is 3.09. The zero-order chi connectivity index (χ0) is 20.1. The van der Waals surface area contributed by atoms with Gasteiger partial charge in [-0.15, -0.1) is 0 Å². The van der Waals surface area contributed by atoms with Crippen molar-refractivity contribution in [2.75, 3.05) is 18.9 Å². The molecule has 0 radical (unpaired) electrons. The molecule has 0 aliphatic carbocycles. The maximum Gasteiger partial charge on any atom is 0.422 e. The maximum absolute atomic E-state index is 12.4. The number of halogens is 3. The zero-order valence-electron chi connectivity index (χ0n) is 15.0. The molecule has 1 aromatic carbocycles. The summed E-state index contributed by atoms with van der Waals surface area (Å²) in [7, 11) is -3.45. The minimum atomic E-state index is -4.40. The molecule has 0 spiro atoms. The summed E-state index contributed by atoms with van der Waals surface area (Å²) in [5.74, 6) is -0.282. The molecule has 1 saturated heterocycles. The van der Waals surface area contributed by atoms with Crippen LogP contribution in [0, 0.1) is 0 Å². The Hall–Kier alpha value is -1.81. The molecule has 1 aliphatic rings. The number of alkyl halides is 3. The summed E-state index contributed by atoms with van der Waals surface area (Å²) in [5.41, 5.74) is 0.670. The van der Waals surface area contributed by atoms with Gasteiger partial charge in [0.15, 0.2) is 6.61 Å². The van der Waals surface area contributed by atoms with Crippen molar-refractivity contribution in [1.29, 1.82) is 0 Å². The highest BCUT2D eigenvalue weighted by Gasteiger charge is 2.37. The summed E-state index contributed by atoms with van der Waals surface area (Å²) in [6.07, 6.45) is -2.82. The lowest BCUT2D eigenvalue weighted by molar-refractivity contribution is -0.153. The van der Waals surface area contributed by atoms with Crippen LogP contribution in [0.3, 0.4) is 0 Å². The van der Waals surface area contributed by atoms with Crippen molar-refractivity contribution < 1.29 is 31.1 Å². The van der Waals surface area contributed by atoms with Crippen LogP contribution in [0.4, 0.5) is 13.2 Å². The molecule has 1 heterocycles. The fourth-order valence-corrected chi connectivity index (χ4v) is 4.63. The Morgan fingerprint density at radius 1 is 1.30 bits per heavy atom. The van der Waals surface area contributed by atoms with Crippen molar-refractivity contribution in [1.82, 2.24) is 9.62 Å². The summed E-state index contributed by atoms with van der Waals surface area (Å²) in [4.78, 5) is 12.4. The van der Waals surface area contributed by atoms with Gasteiger partial charge in [-0.2, -0.15) is 17.5 Å². The Morgan fingerprint density at radius 2 is 1.96 bits per heavy atom. The number of carbonyl (C=O) groups excluding carboxylic acids is 1. The van der Waals surface area contributed by atoms with Gasteiger partial charge in [0.25, 0.3) is 0 Å². The Kier molecular flexibility index (Phi) is 7.10. The van der Waals surface area contributed by atoms with Gasteiger partial charge in [0.1, 0.15) is 11.8 Å². The highest BCUT2D eigenvalue weighted by molar-refractivity contribution is 7.89. The van der Waals surface area contributed by atoms with Gasteiger partial charge in [0.2, 0.25) is 15.9 Å². The second-order valence-electron chi connectivity index (χ2n) is 6.35. The van der Waals surface area contributed by atoms with Gasteiger partial charge in [0, 0.05) is 13.1 Å². The molecule has 6 nitrogen and oxygen atoms in total. The van der Waals surface area contributed by atoms with Gasteiger partial charge in [-0.3, -0.25) is 4.79 Å². The lowest BCUT2D eigenvalue weighted by Crippen LogP contribution is -2.46. The van der Waals surface area contributed by atoms with Gasteiger partial charge >= 0.3 is 6.18 Å². The lowest BCUT2D eigenvalue weighted by Gasteiger charge is -2.23. The average molecular weight is 408 g/mol. The number of nitrogens with one attached hydrogen (secondary N) is 1. The molecule has 1 aromatic rings. The van der Waals surface area contributed by atoms with Crippen molar-refractivity contribution in [3.63, 3.8) is 0 Å². The van der Waals surface area contributed by atoms with Crippen molar-refractivity contribution in [3.8, 4) is 5.75 Å². The number of ether oxygens (including phenoxy) is 1. The van der Waals surface area contributed by atoms with E-state index < -0.39 is 28.8 Å². The van der Waals surface area contributed by atoms with Crippen molar-refractivity contribution in [3.05, 3.63) is 29.8 Å². The first-order valence-corrected chi connectivity index (χ1v) is 10.3. The standard InChI is InChI=1S/C17H23F3N2O4S/c1-2-10-27(24,25)22-9-3-4-15(22)16(23)21-11-13-5-7-14(8-6-13)26-12-17(18,19)20/h5-8,15H,2-4,9-12H2,1H3,(H,21,23). The predicted molar refractivity (Wildman–Crippen MR) is 93.6 cm³/mol. The van der Waals surface area contributed by atoms with Gasteiger partial charge in [-0.05, 0) is 37.0 Å². The minimum absolute atomic E-state index is 0.0101. The second-order valence-corrected chi connectivity index (χ2v) is 8.39. The van der Waals surface area contributed by atoms with E-state index in [0.717, 1.165) is 0 Å². The van der Waals surface area contributed by atoms with Crippen LogP contribution in [0.5, 0.6) is 5.75 Å². The van der Waals surface area contributed by atoms with Gasteiger partial charge in [0.05, 0.1) is 5.75 Å². The van der Waals surface area contributed by atoms with E-state index >= 15 is 0 Å². The third-order valence-electron chi connectivity index (χ3n) is 4.12. The van der Waals surface area contributed by atoms with Gasteiger partial charge in [-0.1, -0.05) is 19.1 Å². The number of amides is 1. The van der Waals surface area contributed by atoms with Crippen LogP contribution < -0.4 is 10.1 Å². The van der Waals surface area contributed by atoms with Crippen LogP contribution >= 0.6 is 0 Å². The Bertz CT molecular complexity index is 736. The third-order valence-corrected chi connectivity index (χ3v) is 6.19. The molecule has 1 unspecified atom stereocenters. The topological polar surface area (TPSA) is 75.7 Å². The van der Waals surface area contributed by atoms with Crippen LogP contribution in [-0.2, 0) is 21.4 Å². The molecule has 10 heteroatoms. The molecule has 27 heavy (non-hydrogen) atoms. The van der Waals surface area contributed by atoms with Crippen LogP contribution in [0.2, 0.25) is 0 Å². The fourth-order valence-electron chi connectivity index (χ4n) is 2.89. The summed E-state index contributed by atoms with van der Waals surface area (Å²) >= 11 is 0. The highest BCUT2D eigenvalue weighted by Crippen LogP contribution is 2.22. The Labute approximate surface area is 156 Å². The smallest absolute Gasteiger partial charge is 0.422 e. The predicted octanol–water partition coefficient (Wildman–Crippen LogP) is 2.45. The SMILES string of the molecule is CCCS(=O)(=O)N1CCCC1C(=O)NCc1ccc(OCC(F)(F)F)cc1. The molecule has 2 rings (SSSR count). The Balaban J connectivity index is 1.89. The summed E-state index contributed by atoms with van der Waals surface area (Å²) in [6.45, 7) is 0.889. The first kappa shape index (κ1) is 21.5. The van der Waals surface area contributed by atoms with E-state index in [1.165, 1.54) is 16.4 Å². The quantitative estimate of drug-likeness (QED) is 0.717. The van der Waals surface area contributed by atoms with E-state index in [1.807, 2.05) is 0 Å². The van der Waals surface area contributed by atoms with Gasteiger partial charge in [-0.25, -0.2) is 8.42 Å². The summed E-state index contributed by atoms with van der Waals surface area (Å²) in [5, 5.41) is 2.69. The van der Waals surface area contributed by atoms with E-state index in [9.17, 15) is 26.4 Å². The molecule has 1 atom stereocenters. The minimum Gasteiger partial charge on any atom is -0.484 e. The lowest BCUT2D eigenvalue weighted by atomic mass is 10.2. The van der Waals surface area contributed by atoms with E-state index in [0.29, 0.717) is 31.4 Å². The number of sulfonamides is 1. The van der Waals surface area contributed by atoms with E-state index in [-0.39, 0.29) is 24.0 Å². The van der Waals surface area contributed by atoms with E-state index in [4.69, 9.17) is 0 Å². The molecule has 1 fully saturated rings. The highest BCUT2D eigenvalue weighted by atomic mass is 32.2. The number of carbonyl (C=O) groups is 1. The molecule has 0 bridgehead atoms. The molecule has 1 amide bonds. The van der Waals surface area contributed by atoms with Gasteiger partial charge < -0.3 is 10.1 Å². The molecule has 1 aliphatic heterocycles. The normalized spacial score (nSPS) is 18.4. The fraction of sp³-hybridized carbons (Fsp3) is 0.588. The number of nitrogens with zero attached hydrogens (tertiary/aromatic N) is 1. The van der Waals surface area contributed by atoms with Crippen LogP contribution in [-0.4, -0.2) is 49.8 Å². The maximum atomic E-state index is 12.4. The first-order chi connectivity index (χ1) is 12.6. The number of hydrogen-bond acceptors (Lipinski definition) is 4. The molecular formula is C17H23F3N2O4S. The van der Waals surface area contributed by atoms with Crippen LogP contribution in [0.25, 0.3) is 0 Å². The van der Waals surface area contributed by atoms with Crippen LogP contribution in [0.15, 0.2) is 24.3 Å². The second kappa shape index (κ2) is 8.92. The molecule has 1 N–H and O–H groups in total.